The molecular weight excluding hydrogens is 108 g/mol. The second-order valence-electron chi connectivity index (χ2n) is 2.27. The van der Waals surface area contributed by atoms with Gasteiger partial charge in [0.05, 0.1) is 0 Å². The summed E-state index contributed by atoms with van der Waals surface area (Å²) in [6.07, 6.45) is 9.86. The van der Waals surface area contributed by atoms with E-state index in [9.17, 15) is 0 Å². The molecule has 0 heterocycles. The molecule has 0 bridgehead atoms. The first-order valence-corrected chi connectivity index (χ1v) is 3.34. The third-order valence-corrected chi connectivity index (χ3v) is 1.66. The van der Waals surface area contributed by atoms with Crippen molar-refractivity contribution in [2.75, 3.05) is 0 Å². The molecule has 0 saturated heterocycles. The van der Waals surface area contributed by atoms with Crippen molar-refractivity contribution in [1.29, 1.82) is 0 Å². The first kappa shape index (κ1) is 6.34. The van der Waals surface area contributed by atoms with Crippen LogP contribution in [0.25, 0.3) is 0 Å². The maximum absolute atomic E-state index is 2.25. The van der Waals surface area contributed by atoms with Crippen molar-refractivity contribution in [3.05, 3.63) is 35.5 Å². The van der Waals surface area contributed by atoms with Gasteiger partial charge in [-0.25, -0.2) is 0 Å². The van der Waals surface area contributed by atoms with Crippen LogP contribution in [0.3, 0.4) is 0 Å². The molecule has 48 valence electrons. The van der Waals surface area contributed by atoms with Gasteiger partial charge in [-0.05, 0) is 31.4 Å². The fraction of sp³-hybridized carbons (Fsp3) is 0.333. The molecule has 0 aliphatic heterocycles. The molecule has 0 saturated carbocycles. The van der Waals surface area contributed by atoms with Crippen molar-refractivity contribution in [3.8, 4) is 0 Å². The van der Waals surface area contributed by atoms with E-state index in [-0.39, 0.29) is 0 Å². The molecule has 0 N–H and O–H groups in total. The second kappa shape index (κ2) is 2.67. The summed E-state index contributed by atoms with van der Waals surface area (Å²) in [7, 11) is 0. The topological polar surface area (TPSA) is 0 Å². The summed E-state index contributed by atoms with van der Waals surface area (Å²) in [6, 6.07) is 0. The molecule has 0 aromatic heterocycles. The summed E-state index contributed by atoms with van der Waals surface area (Å²) >= 11 is 0. The summed E-state index contributed by atoms with van der Waals surface area (Å²) in [5, 5.41) is 0. The van der Waals surface area contributed by atoms with Crippen molar-refractivity contribution >= 4 is 0 Å². The van der Waals surface area contributed by atoms with Gasteiger partial charge in [0.25, 0.3) is 0 Å². The number of rotatable bonds is 1. The van der Waals surface area contributed by atoms with Gasteiger partial charge in [0.1, 0.15) is 0 Å². The first-order chi connectivity index (χ1) is 4.34. The minimum absolute atomic E-state index is 1.11. The summed E-state index contributed by atoms with van der Waals surface area (Å²) in [5.74, 6) is 0. The molecule has 9 heavy (non-hydrogen) atoms. The highest BCUT2D eigenvalue weighted by atomic mass is 14.0. The smallest absolute Gasteiger partial charge is 0.0157 e. The third kappa shape index (κ3) is 1.32. The molecule has 0 heteroatoms. The molecule has 0 atom stereocenters. The Kier molecular flexibility index (Phi) is 1.88. The maximum Gasteiger partial charge on any atom is -0.0157 e. The van der Waals surface area contributed by atoms with Gasteiger partial charge >= 0.3 is 0 Å². The molecule has 0 nitrogen and oxygen atoms in total. The molecule has 0 spiro atoms. The molecule has 1 aliphatic carbocycles. The summed E-state index contributed by atoms with van der Waals surface area (Å²) < 4.78 is 0. The fourth-order valence-corrected chi connectivity index (χ4v) is 0.917. The number of hydrogen-bond acceptors (Lipinski definition) is 0. The van der Waals surface area contributed by atoms with E-state index in [1.54, 1.807) is 0 Å². The second-order valence-corrected chi connectivity index (χ2v) is 2.27. The van der Waals surface area contributed by atoms with Gasteiger partial charge in [0.2, 0.25) is 0 Å². The summed E-state index contributed by atoms with van der Waals surface area (Å²) in [5.41, 5.74) is 2.77. The van der Waals surface area contributed by atoms with Crippen LogP contribution < -0.4 is 0 Å². The zero-order valence-electron chi connectivity index (χ0n) is 6.02. The maximum atomic E-state index is 2.25. The number of allylic oxidation sites excluding steroid dienone is 6. The van der Waals surface area contributed by atoms with Crippen LogP contribution in [0.1, 0.15) is 20.3 Å². The Morgan fingerprint density at radius 2 is 2.44 bits per heavy atom. The molecule has 0 unspecified atom stereocenters. The van der Waals surface area contributed by atoms with Gasteiger partial charge in [-0.2, -0.15) is 0 Å². The Morgan fingerprint density at radius 3 is 2.89 bits per heavy atom. The van der Waals surface area contributed by atoms with Gasteiger partial charge in [-0.1, -0.05) is 24.3 Å². The van der Waals surface area contributed by atoms with E-state index in [4.69, 9.17) is 0 Å². The van der Waals surface area contributed by atoms with E-state index in [0.717, 1.165) is 6.42 Å². The van der Waals surface area contributed by atoms with Crippen molar-refractivity contribution in [2.45, 2.75) is 20.3 Å². The normalized spacial score (nSPS) is 18.4. The first-order valence-electron chi connectivity index (χ1n) is 3.34. The van der Waals surface area contributed by atoms with Crippen LogP contribution in [0.2, 0.25) is 0 Å². The average molecular weight is 120 g/mol. The van der Waals surface area contributed by atoms with Crippen LogP contribution in [0.15, 0.2) is 35.5 Å². The van der Waals surface area contributed by atoms with E-state index in [1.807, 2.05) is 0 Å². The van der Waals surface area contributed by atoms with Crippen LogP contribution >= 0.6 is 0 Å². The van der Waals surface area contributed by atoms with Crippen LogP contribution in [0.5, 0.6) is 0 Å². The SMILES string of the molecule is C/C=C(\C)C1=CCC=C1. The zero-order valence-corrected chi connectivity index (χ0v) is 6.02. The van der Waals surface area contributed by atoms with E-state index in [2.05, 4.69) is 38.2 Å². The highest BCUT2D eigenvalue weighted by molar-refractivity contribution is 5.41. The van der Waals surface area contributed by atoms with Crippen molar-refractivity contribution < 1.29 is 0 Å². The molecular formula is C9H12. The Labute approximate surface area is 56.6 Å². The minimum Gasteiger partial charge on any atom is -0.0841 e. The van der Waals surface area contributed by atoms with Crippen LogP contribution in [-0.4, -0.2) is 0 Å². The molecule has 0 aromatic carbocycles. The average Bonchev–Trinajstić information content (AvgIpc) is 2.37. The molecule has 0 amide bonds. The monoisotopic (exact) mass is 120 g/mol. The largest absolute Gasteiger partial charge is 0.0841 e. The van der Waals surface area contributed by atoms with E-state index >= 15 is 0 Å². The molecule has 1 rings (SSSR count). The van der Waals surface area contributed by atoms with E-state index in [0.29, 0.717) is 0 Å². The van der Waals surface area contributed by atoms with Gasteiger partial charge in [0.15, 0.2) is 0 Å². The van der Waals surface area contributed by atoms with Crippen LogP contribution in [0, 0.1) is 0 Å². The molecule has 0 radical (unpaired) electrons. The molecule has 0 fully saturated rings. The number of hydrogen-bond donors (Lipinski definition) is 0. The van der Waals surface area contributed by atoms with E-state index < -0.39 is 0 Å². The molecule has 0 aromatic rings. The third-order valence-electron chi connectivity index (χ3n) is 1.66. The predicted molar refractivity (Wildman–Crippen MR) is 41.3 cm³/mol. The molecule has 1 aliphatic rings. The van der Waals surface area contributed by atoms with Gasteiger partial charge in [-0.15, -0.1) is 0 Å². The Bertz CT molecular complexity index is 180. The van der Waals surface area contributed by atoms with Crippen LogP contribution in [0.4, 0.5) is 0 Å². The highest BCUT2D eigenvalue weighted by Crippen LogP contribution is 2.16. The van der Waals surface area contributed by atoms with Crippen molar-refractivity contribution in [2.24, 2.45) is 0 Å². The lowest BCUT2D eigenvalue weighted by molar-refractivity contribution is 1.38. The van der Waals surface area contributed by atoms with E-state index in [1.165, 1.54) is 11.1 Å². The highest BCUT2D eigenvalue weighted by Gasteiger charge is 1.96. The quantitative estimate of drug-likeness (QED) is 0.499. The minimum atomic E-state index is 1.11. The Morgan fingerprint density at radius 1 is 1.67 bits per heavy atom. The van der Waals surface area contributed by atoms with Gasteiger partial charge in [0, 0.05) is 0 Å². The van der Waals surface area contributed by atoms with Crippen molar-refractivity contribution in [3.63, 3.8) is 0 Å². The van der Waals surface area contributed by atoms with Gasteiger partial charge < -0.3 is 0 Å². The lowest BCUT2D eigenvalue weighted by atomic mass is 10.1. The fourth-order valence-electron chi connectivity index (χ4n) is 0.917. The Hall–Kier alpha value is -0.780. The standard InChI is InChI=1S/C9H12/c1-3-8(2)9-6-4-5-7-9/h3-4,6-7H,5H2,1-2H3/b8-3+. The predicted octanol–water partition coefficient (Wildman–Crippen LogP) is 2.84. The Balaban J connectivity index is 2.73. The lowest BCUT2D eigenvalue weighted by Gasteiger charge is -1.94. The van der Waals surface area contributed by atoms with Gasteiger partial charge in [-0.3, -0.25) is 0 Å². The zero-order chi connectivity index (χ0) is 6.69. The summed E-state index contributed by atoms with van der Waals surface area (Å²) in [6.45, 7) is 4.21. The lowest BCUT2D eigenvalue weighted by Crippen LogP contribution is -1.74. The van der Waals surface area contributed by atoms with Crippen molar-refractivity contribution in [1.82, 2.24) is 0 Å². The summed E-state index contributed by atoms with van der Waals surface area (Å²) in [4.78, 5) is 0. The van der Waals surface area contributed by atoms with Crippen LogP contribution in [-0.2, 0) is 0 Å².